The molecule has 0 spiro atoms. The lowest BCUT2D eigenvalue weighted by Gasteiger charge is -2.25. The Kier molecular flexibility index (Phi) is 3.71. The van der Waals surface area contributed by atoms with Gasteiger partial charge in [0.1, 0.15) is 16.6 Å². The Balaban J connectivity index is 2.28. The zero-order valence-corrected chi connectivity index (χ0v) is 11.8. The van der Waals surface area contributed by atoms with E-state index in [-0.39, 0.29) is 11.8 Å². The quantitative estimate of drug-likeness (QED) is 0.879. The molecule has 1 aliphatic rings. The summed E-state index contributed by atoms with van der Waals surface area (Å²) in [5.41, 5.74) is 1.63. The van der Waals surface area contributed by atoms with Crippen LogP contribution in [0.2, 0.25) is 0 Å². The molecule has 2 heterocycles. The van der Waals surface area contributed by atoms with Gasteiger partial charge in [0.05, 0.1) is 17.8 Å². The summed E-state index contributed by atoms with van der Waals surface area (Å²) in [6, 6.07) is 0.266. The first kappa shape index (κ1) is 13.1. The van der Waals surface area contributed by atoms with Gasteiger partial charge in [0.25, 0.3) is 0 Å². The molecule has 5 heteroatoms. The summed E-state index contributed by atoms with van der Waals surface area (Å²) in [5, 5.41) is 21.0. The van der Waals surface area contributed by atoms with E-state index in [2.05, 4.69) is 25.8 Å². The minimum Gasteiger partial charge on any atom is -0.510 e. The minimum atomic E-state index is 0.266. The van der Waals surface area contributed by atoms with Crippen LogP contribution in [0.1, 0.15) is 37.9 Å². The van der Waals surface area contributed by atoms with Crippen LogP contribution >= 0.6 is 11.3 Å². The van der Waals surface area contributed by atoms with Crippen molar-refractivity contribution >= 4 is 22.7 Å². The van der Waals surface area contributed by atoms with Crippen molar-refractivity contribution in [3.8, 4) is 0 Å². The van der Waals surface area contributed by atoms with Crippen LogP contribution < -0.4 is 0 Å². The van der Waals surface area contributed by atoms with Crippen LogP contribution in [0.25, 0.3) is 5.57 Å². The highest BCUT2D eigenvalue weighted by atomic mass is 32.1. The fourth-order valence-corrected chi connectivity index (χ4v) is 2.97. The van der Waals surface area contributed by atoms with Crippen molar-refractivity contribution in [3.63, 3.8) is 0 Å². The number of aromatic nitrogens is 1. The van der Waals surface area contributed by atoms with Crippen molar-refractivity contribution in [1.82, 2.24) is 9.88 Å². The third-order valence-electron chi connectivity index (χ3n) is 3.38. The molecule has 1 aromatic heterocycles. The molecule has 0 aliphatic carbocycles. The molecule has 0 bridgehead atoms. The predicted molar refractivity (Wildman–Crippen MR) is 75.2 cm³/mol. The average Bonchev–Trinajstić information content (AvgIpc) is 2.93. The Bertz CT molecular complexity index is 492. The molecule has 1 aromatic rings. The minimum absolute atomic E-state index is 0.266. The van der Waals surface area contributed by atoms with E-state index in [1.54, 1.807) is 0 Å². The van der Waals surface area contributed by atoms with Gasteiger partial charge >= 0.3 is 0 Å². The number of aliphatic hydroxyl groups excluding tert-OH is 1. The van der Waals surface area contributed by atoms with E-state index in [4.69, 9.17) is 5.41 Å². The van der Waals surface area contributed by atoms with Crippen LogP contribution in [-0.4, -0.2) is 33.4 Å². The predicted octanol–water partition coefficient (Wildman–Crippen LogP) is 3.07. The van der Waals surface area contributed by atoms with Crippen molar-refractivity contribution in [3.05, 3.63) is 21.8 Å². The SMILES string of the molecule is CCc1csc(C2=C(O)CN([C@@H](C)CC)C2=N)n1. The average molecular weight is 265 g/mol. The van der Waals surface area contributed by atoms with Crippen molar-refractivity contribution in [2.24, 2.45) is 0 Å². The molecule has 0 saturated carbocycles. The van der Waals surface area contributed by atoms with Crippen molar-refractivity contribution < 1.29 is 5.11 Å². The molecule has 0 radical (unpaired) electrons. The van der Waals surface area contributed by atoms with Crippen molar-refractivity contribution in [2.75, 3.05) is 6.54 Å². The Hall–Kier alpha value is -1.36. The van der Waals surface area contributed by atoms with Crippen LogP contribution in [0.4, 0.5) is 0 Å². The first-order valence-corrected chi connectivity index (χ1v) is 7.18. The molecular weight excluding hydrogens is 246 g/mol. The van der Waals surface area contributed by atoms with Crippen LogP contribution in [0.5, 0.6) is 0 Å². The van der Waals surface area contributed by atoms with Gasteiger partial charge in [0.2, 0.25) is 0 Å². The number of aliphatic hydroxyl groups is 1. The first-order valence-electron chi connectivity index (χ1n) is 6.30. The third kappa shape index (κ3) is 2.14. The van der Waals surface area contributed by atoms with Gasteiger partial charge in [-0.3, -0.25) is 5.41 Å². The Labute approximate surface area is 111 Å². The summed E-state index contributed by atoms with van der Waals surface area (Å²) in [7, 11) is 0. The van der Waals surface area contributed by atoms with Gasteiger partial charge in [-0.25, -0.2) is 4.98 Å². The molecule has 2 rings (SSSR count). The molecule has 0 saturated heterocycles. The second-order valence-corrected chi connectivity index (χ2v) is 5.41. The number of hydrogen-bond donors (Lipinski definition) is 2. The summed E-state index contributed by atoms with van der Waals surface area (Å²) in [5.74, 6) is 0.677. The zero-order valence-electron chi connectivity index (χ0n) is 11.0. The normalized spacial score (nSPS) is 17.7. The lowest BCUT2D eigenvalue weighted by Crippen LogP contribution is -2.34. The van der Waals surface area contributed by atoms with Crippen LogP contribution in [0.15, 0.2) is 11.1 Å². The molecule has 1 aliphatic heterocycles. The maximum absolute atomic E-state index is 10.1. The molecule has 0 unspecified atom stereocenters. The van der Waals surface area contributed by atoms with E-state index in [9.17, 15) is 5.11 Å². The van der Waals surface area contributed by atoms with E-state index in [0.29, 0.717) is 18.0 Å². The number of hydrogen-bond acceptors (Lipinski definition) is 4. The number of nitrogens with zero attached hydrogens (tertiary/aromatic N) is 2. The number of nitrogens with one attached hydrogen (secondary N) is 1. The molecule has 0 aromatic carbocycles. The molecular formula is C13H19N3OS. The first-order chi connectivity index (χ1) is 8.58. The highest BCUT2D eigenvalue weighted by Crippen LogP contribution is 2.31. The topological polar surface area (TPSA) is 60.2 Å². The van der Waals surface area contributed by atoms with E-state index < -0.39 is 0 Å². The van der Waals surface area contributed by atoms with Crippen LogP contribution in [0.3, 0.4) is 0 Å². The largest absolute Gasteiger partial charge is 0.510 e. The van der Waals surface area contributed by atoms with Gasteiger partial charge in [-0.05, 0) is 19.8 Å². The lowest BCUT2D eigenvalue weighted by molar-refractivity contribution is 0.301. The number of thiazole rings is 1. The third-order valence-corrected chi connectivity index (χ3v) is 4.29. The van der Waals surface area contributed by atoms with Gasteiger partial charge in [0, 0.05) is 11.4 Å². The highest BCUT2D eigenvalue weighted by molar-refractivity contribution is 7.11. The van der Waals surface area contributed by atoms with Gasteiger partial charge in [0.15, 0.2) is 0 Å². The smallest absolute Gasteiger partial charge is 0.135 e. The molecule has 4 nitrogen and oxygen atoms in total. The maximum atomic E-state index is 10.1. The zero-order chi connectivity index (χ0) is 13.3. The fourth-order valence-electron chi connectivity index (χ4n) is 2.01. The van der Waals surface area contributed by atoms with E-state index in [0.717, 1.165) is 23.5 Å². The van der Waals surface area contributed by atoms with Crippen molar-refractivity contribution in [1.29, 1.82) is 5.41 Å². The lowest BCUT2D eigenvalue weighted by atomic mass is 10.2. The molecule has 1 atom stereocenters. The van der Waals surface area contributed by atoms with E-state index >= 15 is 0 Å². The maximum Gasteiger partial charge on any atom is 0.135 e. The Morgan fingerprint density at radius 1 is 1.56 bits per heavy atom. The molecule has 0 amide bonds. The Morgan fingerprint density at radius 3 is 2.83 bits per heavy atom. The second kappa shape index (κ2) is 5.10. The van der Waals surface area contributed by atoms with Crippen LogP contribution in [0, 0.1) is 5.41 Å². The van der Waals surface area contributed by atoms with E-state index in [1.807, 2.05) is 10.3 Å². The van der Waals surface area contributed by atoms with Gasteiger partial charge in [-0.2, -0.15) is 0 Å². The second-order valence-electron chi connectivity index (χ2n) is 4.55. The van der Waals surface area contributed by atoms with Crippen molar-refractivity contribution in [2.45, 2.75) is 39.7 Å². The standard InChI is InChI=1S/C13H19N3OS/c1-4-8(3)16-6-10(17)11(12(16)14)13-15-9(5-2)7-18-13/h7-8,14,17H,4-6H2,1-3H3/t8-/m0/s1. The fraction of sp³-hybridized carbons (Fsp3) is 0.538. The summed E-state index contributed by atoms with van der Waals surface area (Å²) in [6.45, 7) is 6.65. The summed E-state index contributed by atoms with van der Waals surface area (Å²) >= 11 is 1.50. The highest BCUT2D eigenvalue weighted by Gasteiger charge is 2.32. The summed E-state index contributed by atoms with van der Waals surface area (Å²) < 4.78 is 0. The summed E-state index contributed by atoms with van der Waals surface area (Å²) in [4.78, 5) is 6.39. The molecule has 2 N–H and O–H groups in total. The van der Waals surface area contributed by atoms with Gasteiger partial charge in [-0.15, -0.1) is 11.3 Å². The summed E-state index contributed by atoms with van der Waals surface area (Å²) in [6.07, 6.45) is 1.84. The van der Waals surface area contributed by atoms with E-state index in [1.165, 1.54) is 11.3 Å². The monoisotopic (exact) mass is 265 g/mol. The molecule has 0 fully saturated rings. The van der Waals surface area contributed by atoms with Crippen LogP contribution in [-0.2, 0) is 6.42 Å². The number of rotatable bonds is 4. The molecule has 98 valence electrons. The van der Waals surface area contributed by atoms with Gasteiger partial charge in [-0.1, -0.05) is 13.8 Å². The number of amidine groups is 1. The van der Waals surface area contributed by atoms with Gasteiger partial charge < -0.3 is 10.0 Å². The Morgan fingerprint density at radius 2 is 2.28 bits per heavy atom. The molecule has 18 heavy (non-hydrogen) atoms. The number of aryl methyl sites for hydroxylation is 1.